The first kappa shape index (κ1) is 8.53. The minimum atomic E-state index is 0.766. The summed E-state index contributed by atoms with van der Waals surface area (Å²) < 4.78 is 5.06. The molecule has 1 heterocycles. The van der Waals surface area contributed by atoms with Crippen molar-refractivity contribution in [3.63, 3.8) is 0 Å². The molecule has 12 heavy (non-hydrogen) atoms. The molecule has 1 aromatic heterocycles. The highest BCUT2D eigenvalue weighted by Gasteiger charge is 1.86. The van der Waals surface area contributed by atoms with Crippen molar-refractivity contribution in [2.45, 2.75) is 6.92 Å². The summed E-state index contributed by atoms with van der Waals surface area (Å²) in [7, 11) is 0. The number of carbonyl (C=O) groups excluding carboxylic acids is 1. The maximum absolute atomic E-state index is 10.0. The van der Waals surface area contributed by atoms with Crippen LogP contribution in [0.15, 0.2) is 40.5 Å². The molecular formula is C10H10O2. The Bertz CT molecular complexity index is 292. The quantitative estimate of drug-likeness (QED) is 0.388. The molecule has 0 amide bonds. The highest BCUT2D eigenvalue weighted by atomic mass is 16.3. The SMILES string of the molecule is CC(C=Cc1ccco1)=CC=O. The van der Waals surface area contributed by atoms with Crippen LogP contribution in [0.2, 0.25) is 0 Å². The highest BCUT2D eigenvalue weighted by Crippen LogP contribution is 2.04. The Hall–Kier alpha value is -1.57. The highest BCUT2D eigenvalue weighted by molar-refractivity contribution is 5.67. The molecule has 0 radical (unpaired) electrons. The second kappa shape index (κ2) is 4.34. The number of furan rings is 1. The van der Waals surface area contributed by atoms with Crippen molar-refractivity contribution in [3.05, 3.63) is 41.9 Å². The van der Waals surface area contributed by atoms with Gasteiger partial charge in [0, 0.05) is 0 Å². The summed E-state index contributed by atoms with van der Waals surface area (Å²) in [6, 6.07) is 3.67. The van der Waals surface area contributed by atoms with E-state index in [4.69, 9.17) is 4.42 Å². The topological polar surface area (TPSA) is 30.2 Å². The van der Waals surface area contributed by atoms with Crippen LogP contribution >= 0.6 is 0 Å². The molecule has 0 saturated carbocycles. The van der Waals surface area contributed by atoms with Gasteiger partial charge < -0.3 is 4.42 Å². The zero-order chi connectivity index (χ0) is 8.81. The van der Waals surface area contributed by atoms with Crippen molar-refractivity contribution in [3.8, 4) is 0 Å². The third-order valence-corrected chi connectivity index (χ3v) is 1.38. The Morgan fingerprint density at radius 3 is 3.00 bits per heavy atom. The molecule has 0 aliphatic heterocycles. The summed E-state index contributed by atoms with van der Waals surface area (Å²) in [6.45, 7) is 1.86. The van der Waals surface area contributed by atoms with E-state index in [2.05, 4.69) is 0 Å². The van der Waals surface area contributed by atoms with E-state index in [1.807, 2.05) is 31.2 Å². The van der Waals surface area contributed by atoms with E-state index in [-0.39, 0.29) is 0 Å². The van der Waals surface area contributed by atoms with Crippen LogP contribution in [-0.4, -0.2) is 6.29 Å². The average Bonchev–Trinajstić information content (AvgIpc) is 2.53. The third-order valence-electron chi connectivity index (χ3n) is 1.38. The fourth-order valence-electron chi connectivity index (χ4n) is 0.763. The molecule has 0 atom stereocenters. The largest absolute Gasteiger partial charge is 0.465 e. The Morgan fingerprint density at radius 2 is 2.42 bits per heavy atom. The smallest absolute Gasteiger partial charge is 0.143 e. The maximum Gasteiger partial charge on any atom is 0.143 e. The second-order valence-corrected chi connectivity index (χ2v) is 2.40. The lowest BCUT2D eigenvalue weighted by Crippen LogP contribution is -1.69. The molecule has 0 bridgehead atoms. The van der Waals surface area contributed by atoms with Crippen LogP contribution in [-0.2, 0) is 4.79 Å². The molecular weight excluding hydrogens is 152 g/mol. The van der Waals surface area contributed by atoms with Crippen LogP contribution in [0.25, 0.3) is 6.08 Å². The minimum Gasteiger partial charge on any atom is -0.465 e. The van der Waals surface area contributed by atoms with E-state index in [0.717, 1.165) is 17.6 Å². The van der Waals surface area contributed by atoms with E-state index in [1.54, 1.807) is 6.26 Å². The summed E-state index contributed by atoms with van der Waals surface area (Å²) >= 11 is 0. The zero-order valence-electron chi connectivity index (χ0n) is 6.86. The van der Waals surface area contributed by atoms with Gasteiger partial charge in [0.2, 0.25) is 0 Å². The minimum absolute atomic E-state index is 0.766. The third kappa shape index (κ3) is 2.58. The van der Waals surface area contributed by atoms with Gasteiger partial charge in [-0.2, -0.15) is 0 Å². The van der Waals surface area contributed by atoms with E-state index < -0.39 is 0 Å². The predicted octanol–water partition coefficient (Wildman–Crippen LogP) is 2.44. The maximum atomic E-state index is 10.0. The summed E-state index contributed by atoms with van der Waals surface area (Å²) in [4.78, 5) is 10.0. The Labute approximate surface area is 71.2 Å². The molecule has 0 aromatic carbocycles. The van der Waals surface area contributed by atoms with Crippen LogP contribution in [0, 0.1) is 0 Å². The van der Waals surface area contributed by atoms with Gasteiger partial charge in [0.15, 0.2) is 0 Å². The molecule has 1 aromatic rings. The normalized spacial score (nSPS) is 12.2. The molecule has 0 saturated heterocycles. The van der Waals surface area contributed by atoms with Gasteiger partial charge in [0.05, 0.1) is 6.26 Å². The predicted molar refractivity (Wildman–Crippen MR) is 47.6 cm³/mol. The van der Waals surface area contributed by atoms with Gasteiger partial charge in [-0.1, -0.05) is 6.08 Å². The fraction of sp³-hybridized carbons (Fsp3) is 0.100. The van der Waals surface area contributed by atoms with Crippen LogP contribution in [0.5, 0.6) is 0 Å². The average molecular weight is 162 g/mol. The number of aldehydes is 1. The first-order chi connectivity index (χ1) is 5.83. The molecule has 2 nitrogen and oxygen atoms in total. The molecule has 0 N–H and O–H groups in total. The van der Waals surface area contributed by atoms with Crippen molar-refractivity contribution in [2.75, 3.05) is 0 Å². The molecule has 2 heteroatoms. The fourth-order valence-corrected chi connectivity index (χ4v) is 0.763. The molecule has 1 rings (SSSR count). The van der Waals surface area contributed by atoms with E-state index in [1.165, 1.54) is 6.08 Å². The van der Waals surface area contributed by atoms with Gasteiger partial charge in [0.25, 0.3) is 0 Å². The second-order valence-electron chi connectivity index (χ2n) is 2.40. The van der Waals surface area contributed by atoms with Crippen molar-refractivity contribution >= 4 is 12.4 Å². The first-order valence-electron chi connectivity index (χ1n) is 3.66. The van der Waals surface area contributed by atoms with E-state index in [9.17, 15) is 4.79 Å². The van der Waals surface area contributed by atoms with Gasteiger partial charge in [-0.25, -0.2) is 0 Å². The Balaban J connectivity index is 2.62. The van der Waals surface area contributed by atoms with Crippen LogP contribution in [0.3, 0.4) is 0 Å². The van der Waals surface area contributed by atoms with Crippen molar-refractivity contribution in [2.24, 2.45) is 0 Å². The van der Waals surface area contributed by atoms with Crippen molar-refractivity contribution < 1.29 is 9.21 Å². The van der Waals surface area contributed by atoms with Crippen molar-refractivity contribution in [1.82, 2.24) is 0 Å². The molecule has 0 fully saturated rings. The lowest BCUT2D eigenvalue weighted by Gasteiger charge is -1.85. The Morgan fingerprint density at radius 1 is 1.58 bits per heavy atom. The monoisotopic (exact) mass is 162 g/mol. The van der Waals surface area contributed by atoms with Gasteiger partial charge in [-0.15, -0.1) is 0 Å². The van der Waals surface area contributed by atoms with E-state index in [0.29, 0.717) is 0 Å². The summed E-state index contributed by atoms with van der Waals surface area (Å²) in [5.41, 5.74) is 0.904. The van der Waals surface area contributed by atoms with Gasteiger partial charge in [-0.3, -0.25) is 4.79 Å². The molecule has 0 spiro atoms. The number of rotatable bonds is 3. The summed E-state index contributed by atoms with van der Waals surface area (Å²) in [5.74, 6) is 0.786. The van der Waals surface area contributed by atoms with Crippen LogP contribution in [0.4, 0.5) is 0 Å². The molecule has 62 valence electrons. The lowest BCUT2D eigenvalue weighted by atomic mass is 10.2. The van der Waals surface area contributed by atoms with Gasteiger partial charge >= 0.3 is 0 Å². The molecule has 0 aliphatic rings. The van der Waals surface area contributed by atoms with Gasteiger partial charge in [0.1, 0.15) is 12.0 Å². The molecule has 0 unspecified atom stereocenters. The lowest BCUT2D eigenvalue weighted by molar-refractivity contribution is -0.104. The number of carbonyl (C=O) groups is 1. The first-order valence-corrected chi connectivity index (χ1v) is 3.66. The van der Waals surface area contributed by atoms with Crippen LogP contribution < -0.4 is 0 Å². The van der Waals surface area contributed by atoms with Crippen molar-refractivity contribution in [1.29, 1.82) is 0 Å². The number of allylic oxidation sites excluding steroid dienone is 3. The zero-order valence-corrected chi connectivity index (χ0v) is 6.86. The number of hydrogen-bond donors (Lipinski definition) is 0. The van der Waals surface area contributed by atoms with Gasteiger partial charge in [-0.05, 0) is 36.8 Å². The molecule has 0 aliphatic carbocycles. The van der Waals surface area contributed by atoms with E-state index >= 15 is 0 Å². The standard InChI is InChI=1S/C10H10O2/c1-9(6-7-11)4-5-10-3-2-8-12-10/h2-8H,1H3. The van der Waals surface area contributed by atoms with Crippen LogP contribution in [0.1, 0.15) is 12.7 Å². The Kier molecular flexibility index (Phi) is 3.08. The summed E-state index contributed by atoms with van der Waals surface area (Å²) in [5, 5.41) is 0. The number of hydrogen-bond acceptors (Lipinski definition) is 2. The summed E-state index contributed by atoms with van der Waals surface area (Å²) in [6.07, 6.45) is 7.52.